The summed E-state index contributed by atoms with van der Waals surface area (Å²) in [7, 11) is 6.07. The van der Waals surface area contributed by atoms with E-state index in [-0.39, 0.29) is 17.5 Å². The summed E-state index contributed by atoms with van der Waals surface area (Å²) in [5.41, 5.74) is 2.92. The first-order valence-electron chi connectivity index (χ1n) is 10.6. The predicted octanol–water partition coefficient (Wildman–Crippen LogP) is 4.18. The van der Waals surface area contributed by atoms with Gasteiger partial charge in [-0.25, -0.2) is 4.79 Å². The molecule has 4 aromatic rings. The third-order valence-corrected chi connectivity index (χ3v) is 5.66. The zero-order valence-electron chi connectivity index (χ0n) is 19.9. The normalized spacial score (nSPS) is 11.1. The van der Waals surface area contributed by atoms with E-state index in [1.807, 2.05) is 19.9 Å². The minimum Gasteiger partial charge on any atom is -0.504 e. The zero-order valence-corrected chi connectivity index (χ0v) is 19.9. The Bertz CT molecular complexity index is 1400. The number of ether oxygens (including phenoxy) is 4. The third kappa shape index (κ3) is 3.68. The lowest BCUT2D eigenvalue weighted by atomic mass is 10.1. The predicted molar refractivity (Wildman–Crippen MR) is 129 cm³/mol. The van der Waals surface area contributed by atoms with Crippen LogP contribution in [-0.4, -0.2) is 47.7 Å². The van der Waals surface area contributed by atoms with Crippen LogP contribution in [0.5, 0.6) is 28.7 Å². The van der Waals surface area contributed by atoms with Crippen LogP contribution < -0.4 is 24.6 Å². The number of rotatable bonds is 7. The molecular weight excluding hydrogens is 438 g/mol. The molecular formula is C25H27N3O6. The van der Waals surface area contributed by atoms with Gasteiger partial charge in [-0.3, -0.25) is 14.1 Å². The van der Waals surface area contributed by atoms with Gasteiger partial charge in [0, 0.05) is 23.7 Å². The highest BCUT2D eigenvalue weighted by Crippen LogP contribution is 2.40. The van der Waals surface area contributed by atoms with Crippen LogP contribution in [0.4, 0.5) is 0 Å². The summed E-state index contributed by atoms with van der Waals surface area (Å²) in [6, 6.07) is 10.2. The average Bonchev–Trinajstić information content (AvgIpc) is 3.13. The third-order valence-electron chi connectivity index (χ3n) is 5.66. The van der Waals surface area contributed by atoms with Crippen molar-refractivity contribution in [3.63, 3.8) is 0 Å². The van der Waals surface area contributed by atoms with Crippen molar-refractivity contribution in [3.8, 4) is 45.7 Å². The number of pyridine rings is 1. The number of fused-ring (bicyclic) bond motifs is 1. The fraction of sp³-hybridized carbons (Fsp3) is 0.280. The molecule has 1 N–H and O–H groups in total. The van der Waals surface area contributed by atoms with E-state index in [4.69, 9.17) is 18.9 Å². The molecule has 2 heterocycles. The standard InChI is InChI=1S/C25H27N3O6/c1-14(2)27-19-13-26-17(15-7-8-21(31-3)20(29)9-15)12-18(19)28(25(27)30)16-10-22(32-4)24(34-6)23(11-16)33-5/h7-14,29H,1-6H3. The van der Waals surface area contributed by atoms with Crippen molar-refractivity contribution in [1.82, 2.24) is 14.1 Å². The van der Waals surface area contributed by atoms with Gasteiger partial charge in [0.1, 0.15) is 0 Å². The molecule has 0 aliphatic heterocycles. The first-order valence-corrected chi connectivity index (χ1v) is 10.6. The average molecular weight is 466 g/mol. The Morgan fingerprint density at radius 2 is 1.50 bits per heavy atom. The monoisotopic (exact) mass is 465 g/mol. The number of hydrogen-bond acceptors (Lipinski definition) is 7. The number of nitrogens with zero attached hydrogens (tertiary/aromatic N) is 3. The van der Waals surface area contributed by atoms with Crippen molar-refractivity contribution in [2.45, 2.75) is 19.9 Å². The summed E-state index contributed by atoms with van der Waals surface area (Å²) in [4.78, 5) is 18.2. The van der Waals surface area contributed by atoms with Crippen molar-refractivity contribution in [1.29, 1.82) is 0 Å². The Morgan fingerprint density at radius 3 is 2.03 bits per heavy atom. The van der Waals surface area contributed by atoms with Crippen LogP contribution in [0.3, 0.4) is 0 Å². The molecule has 0 aliphatic rings. The lowest BCUT2D eigenvalue weighted by molar-refractivity contribution is 0.324. The minimum atomic E-state index is -0.226. The SMILES string of the molecule is COc1ccc(-c2cc3c(cn2)n(C(C)C)c(=O)n3-c2cc(OC)c(OC)c(OC)c2)cc1O. The summed E-state index contributed by atoms with van der Waals surface area (Å²) < 4.78 is 24.8. The number of aromatic hydroxyl groups is 1. The van der Waals surface area contributed by atoms with Crippen LogP contribution in [-0.2, 0) is 0 Å². The number of benzene rings is 2. The number of methoxy groups -OCH3 is 4. The molecule has 9 nitrogen and oxygen atoms in total. The van der Waals surface area contributed by atoms with Gasteiger partial charge in [-0.05, 0) is 38.1 Å². The van der Waals surface area contributed by atoms with E-state index < -0.39 is 0 Å². The first-order chi connectivity index (χ1) is 16.3. The van der Waals surface area contributed by atoms with Gasteiger partial charge in [0.05, 0.1) is 57.1 Å². The van der Waals surface area contributed by atoms with Crippen LogP contribution in [0.25, 0.3) is 28.0 Å². The molecule has 0 radical (unpaired) electrons. The molecule has 0 spiro atoms. The summed E-state index contributed by atoms with van der Waals surface area (Å²) in [5.74, 6) is 1.67. The highest BCUT2D eigenvalue weighted by molar-refractivity contribution is 5.82. The first kappa shape index (κ1) is 23.0. The Balaban J connectivity index is 2.02. The number of hydrogen-bond donors (Lipinski definition) is 1. The van der Waals surface area contributed by atoms with Gasteiger partial charge in [0.15, 0.2) is 23.0 Å². The quantitative estimate of drug-likeness (QED) is 0.437. The van der Waals surface area contributed by atoms with Crippen molar-refractivity contribution in [2.75, 3.05) is 28.4 Å². The fourth-order valence-electron chi connectivity index (χ4n) is 4.07. The fourth-order valence-corrected chi connectivity index (χ4v) is 4.07. The maximum absolute atomic E-state index is 13.6. The van der Waals surface area contributed by atoms with Gasteiger partial charge in [-0.1, -0.05) is 0 Å². The van der Waals surface area contributed by atoms with Crippen LogP contribution in [0.2, 0.25) is 0 Å². The molecule has 2 aromatic carbocycles. The molecule has 2 aromatic heterocycles. The van der Waals surface area contributed by atoms with E-state index >= 15 is 0 Å². The second-order valence-electron chi connectivity index (χ2n) is 7.91. The van der Waals surface area contributed by atoms with Gasteiger partial charge in [0.2, 0.25) is 5.75 Å². The van der Waals surface area contributed by atoms with E-state index in [9.17, 15) is 9.90 Å². The van der Waals surface area contributed by atoms with Gasteiger partial charge in [-0.15, -0.1) is 0 Å². The molecule has 0 unspecified atom stereocenters. The van der Waals surface area contributed by atoms with E-state index in [1.165, 1.54) is 28.4 Å². The van der Waals surface area contributed by atoms with E-state index in [1.54, 1.807) is 45.7 Å². The van der Waals surface area contributed by atoms with Crippen molar-refractivity contribution in [2.24, 2.45) is 0 Å². The topological polar surface area (TPSA) is 97.0 Å². The number of imidazole rings is 1. The minimum absolute atomic E-state index is 0.00339. The van der Waals surface area contributed by atoms with Gasteiger partial charge < -0.3 is 24.1 Å². The van der Waals surface area contributed by atoms with E-state index in [0.29, 0.717) is 51.0 Å². The maximum Gasteiger partial charge on any atom is 0.334 e. The molecule has 178 valence electrons. The second-order valence-corrected chi connectivity index (χ2v) is 7.91. The second kappa shape index (κ2) is 9.01. The Morgan fingerprint density at radius 1 is 0.853 bits per heavy atom. The van der Waals surface area contributed by atoms with Crippen molar-refractivity contribution >= 4 is 11.0 Å². The van der Waals surface area contributed by atoms with Gasteiger partial charge in [-0.2, -0.15) is 0 Å². The van der Waals surface area contributed by atoms with E-state index in [0.717, 1.165) is 0 Å². The van der Waals surface area contributed by atoms with Crippen LogP contribution in [0, 0.1) is 0 Å². The number of aromatic nitrogens is 3. The zero-order chi connectivity index (χ0) is 24.6. The molecule has 0 aliphatic carbocycles. The molecule has 9 heteroatoms. The van der Waals surface area contributed by atoms with Crippen LogP contribution in [0.1, 0.15) is 19.9 Å². The highest BCUT2D eigenvalue weighted by atomic mass is 16.5. The molecule has 0 saturated heterocycles. The Kier molecular flexibility index (Phi) is 6.10. The molecule has 4 rings (SSSR count). The Labute approximate surface area is 196 Å². The molecule has 0 saturated carbocycles. The summed E-state index contributed by atoms with van der Waals surface area (Å²) in [5, 5.41) is 10.2. The summed E-state index contributed by atoms with van der Waals surface area (Å²) in [6.07, 6.45) is 1.67. The summed E-state index contributed by atoms with van der Waals surface area (Å²) in [6.45, 7) is 3.88. The van der Waals surface area contributed by atoms with Gasteiger partial charge in [0.25, 0.3) is 0 Å². The summed E-state index contributed by atoms with van der Waals surface area (Å²) >= 11 is 0. The van der Waals surface area contributed by atoms with Crippen molar-refractivity contribution < 1.29 is 24.1 Å². The number of phenols is 1. The largest absolute Gasteiger partial charge is 0.504 e. The molecule has 0 fully saturated rings. The van der Waals surface area contributed by atoms with Crippen LogP contribution in [0.15, 0.2) is 47.4 Å². The van der Waals surface area contributed by atoms with E-state index in [2.05, 4.69) is 4.98 Å². The molecule has 0 bridgehead atoms. The smallest absolute Gasteiger partial charge is 0.334 e. The lowest BCUT2D eigenvalue weighted by Crippen LogP contribution is -2.24. The van der Waals surface area contributed by atoms with Gasteiger partial charge >= 0.3 is 5.69 Å². The highest BCUT2D eigenvalue weighted by Gasteiger charge is 2.21. The van der Waals surface area contributed by atoms with Crippen molar-refractivity contribution in [3.05, 3.63) is 53.1 Å². The maximum atomic E-state index is 13.6. The number of phenolic OH excluding ortho intramolecular Hbond substituents is 1. The Hall–Kier alpha value is -4.14. The van der Waals surface area contributed by atoms with Crippen LogP contribution >= 0.6 is 0 Å². The lowest BCUT2D eigenvalue weighted by Gasteiger charge is -2.14. The molecule has 0 atom stereocenters. The molecule has 34 heavy (non-hydrogen) atoms. The molecule has 0 amide bonds.